The number of oxime groups is 1. The molecule has 12 heteroatoms. The van der Waals surface area contributed by atoms with E-state index in [1.165, 1.54) is 7.11 Å². The molecule has 1 aliphatic heterocycles. The first-order chi connectivity index (χ1) is 28.9. The Morgan fingerprint density at radius 2 is 1.68 bits per heavy atom. The summed E-state index contributed by atoms with van der Waals surface area (Å²) < 4.78 is 32.4. The van der Waals surface area contributed by atoms with Crippen molar-refractivity contribution in [1.82, 2.24) is 4.90 Å². The highest BCUT2D eigenvalue weighted by Gasteiger charge is 2.65. The third-order valence-electron chi connectivity index (χ3n) is 11.7. The number of aliphatic hydroxyl groups is 3. The van der Waals surface area contributed by atoms with Crippen LogP contribution in [-0.4, -0.2) is 104 Å². The number of carbonyl (C=O) groups is 1. The largest absolute Gasteiger partial charge is 0.459 e. The first-order valence-corrected chi connectivity index (χ1v) is 20.9. The second-order valence-corrected chi connectivity index (χ2v) is 15.3. The molecule has 59 heavy (non-hydrogen) atoms. The SMILES string of the molecule is C=CCCOC(=O)N(CCOCCO)C1CC(=NOC)C2=CC(CCCCO)C(CCCCO)C3c4cc(Oc5ccc6ccccc6c5)ccc4OC1(OCC=C)C23. The molecular formula is C47H60N2O10. The van der Waals surface area contributed by atoms with Crippen molar-refractivity contribution in [1.29, 1.82) is 0 Å². The smallest absolute Gasteiger partial charge is 0.410 e. The van der Waals surface area contributed by atoms with Crippen LogP contribution in [-0.2, 0) is 19.0 Å². The molecule has 318 valence electrons. The number of benzene rings is 3. The van der Waals surface area contributed by atoms with E-state index in [1.54, 1.807) is 17.1 Å². The van der Waals surface area contributed by atoms with Crippen LogP contribution in [0.3, 0.4) is 0 Å². The number of amides is 1. The molecule has 6 atom stereocenters. The Bertz CT molecular complexity index is 1930. The number of hydrogen-bond acceptors (Lipinski definition) is 11. The van der Waals surface area contributed by atoms with Gasteiger partial charge >= 0.3 is 6.09 Å². The fourth-order valence-electron chi connectivity index (χ4n) is 9.21. The lowest BCUT2D eigenvalue weighted by atomic mass is 9.55. The van der Waals surface area contributed by atoms with Crippen molar-refractivity contribution in [3.05, 3.63) is 103 Å². The summed E-state index contributed by atoms with van der Waals surface area (Å²) in [7, 11) is 1.52. The maximum atomic E-state index is 14.3. The molecule has 3 aliphatic rings. The third kappa shape index (κ3) is 10.0. The summed E-state index contributed by atoms with van der Waals surface area (Å²) in [5.41, 5.74) is 2.54. The molecule has 0 spiro atoms. The Morgan fingerprint density at radius 3 is 2.42 bits per heavy atom. The monoisotopic (exact) mass is 812 g/mol. The van der Waals surface area contributed by atoms with Crippen LogP contribution in [0.5, 0.6) is 17.2 Å². The Labute approximate surface area is 347 Å². The van der Waals surface area contributed by atoms with Crippen LogP contribution in [0.25, 0.3) is 10.8 Å². The molecular weight excluding hydrogens is 753 g/mol. The van der Waals surface area contributed by atoms with Gasteiger partial charge in [-0.05, 0) is 90.6 Å². The topological polar surface area (TPSA) is 149 Å². The summed E-state index contributed by atoms with van der Waals surface area (Å²) in [5.74, 6) is -0.0868. The number of hydrogen-bond donors (Lipinski definition) is 3. The van der Waals surface area contributed by atoms with E-state index < -0.39 is 23.8 Å². The molecule has 1 fully saturated rings. The zero-order valence-electron chi connectivity index (χ0n) is 34.2. The highest BCUT2D eigenvalue weighted by atomic mass is 16.7. The van der Waals surface area contributed by atoms with Gasteiger partial charge in [0.2, 0.25) is 5.79 Å². The first kappa shape index (κ1) is 43.8. The Kier molecular flexibility index (Phi) is 16.0. The number of carbonyl (C=O) groups excluding carboxylic acids is 1. The van der Waals surface area contributed by atoms with Gasteiger partial charge < -0.3 is 43.8 Å². The van der Waals surface area contributed by atoms with Gasteiger partial charge in [-0.15, -0.1) is 13.2 Å². The van der Waals surface area contributed by atoms with Crippen molar-refractivity contribution >= 4 is 22.6 Å². The van der Waals surface area contributed by atoms with Crippen LogP contribution in [0.4, 0.5) is 4.79 Å². The molecule has 0 aromatic heterocycles. The molecule has 3 N–H and O–H groups in total. The van der Waals surface area contributed by atoms with Gasteiger partial charge in [0.15, 0.2) is 0 Å². The quantitative estimate of drug-likeness (QED) is 0.0490. The Balaban J connectivity index is 1.54. The average Bonchev–Trinajstić information content (AvgIpc) is 3.25. The average molecular weight is 813 g/mol. The van der Waals surface area contributed by atoms with Gasteiger partial charge in [0.1, 0.15) is 30.4 Å². The predicted octanol–water partition coefficient (Wildman–Crippen LogP) is 7.92. The third-order valence-corrected chi connectivity index (χ3v) is 11.7. The summed E-state index contributed by atoms with van der Waals surface area (Å²) >= 11 is 0. The van der Waals surface area contributed by atoms with Gasteiger partial charge in [0.25, 0.3) is 0 Å². The fourth-order valence-corrected chi connectivity index (χ4v) is 9.21. The summed E-state index contributed by atoms with van der Waals surface area (Å²) in [5, 5.41) is 36.1. The van der Waals surface area contributed by atoms with Gasteiger partial charge in [-0.3, -0.25) is 4.90 Å². The van der Waals surface area contributed by atoms with Crippen LogP contribution < -0.4 is 9.47 Å². The van der Waals surface area contributed by atoms with Crippen molar-refractivity contribution in [2.75, 3.05) is 59.9 Å². The maximum Gasteiger partial charge on any atom is 0.410 e. The summed E-state index contributed by atoms with van der Waals surface area (Å²) in [6, 6.07) is 19.3. The number of nitrogens with zero attached hydrogens (tertiary/aromatic N) is 2. The lowest BCUT2D eigenvalue weighted by Gasteiger charge is -2.59. The minimum absolute atomic E-state index is 0.0442. The fraction of sp³-hybridized carbons (Fsp3) is 0.489. The second-order valence-electron chi connectivity index (χ2n) is 15.3. The van der Waals surface area contributed by atoms with Crippen molar-refractivity contribution in [2.45, 2.75) is 69.1 Å². The molecule has 0 bridgehead atoms. The van der Waals surface area contributed by atoms with Gasteiger partial charge in [0.05, 0.1) is 44.7 Å². The minimum atomic E-state index is -1.45. The summed E-state index contributed by atoms with van der Waals surface area (Å²) in [4.78, 5) is 21.4. The normalized spacial score (nSPS) is 23.7. The van der Waals surface area contributed by atoms with E-state index in [9.17, 15) is 20.1 Å². The molecule has 1 amide bonds. The van der Waals surface area contributed by atoms with E-state index in [0.29, 0.717) is 42.2 Å². The second kappa shape index (κ2) is 21.5. The van der Waals surface area contributed by atoms with E-state index in [4.69, 9.17) is 28.5 Å². The van der Waals surface area contributed by atoms with E-state index in [2.05, 4.69) is 42.6 Å². The zero-order valence-corrected chi connectivity index (χ0v) is 34.2. The highest BCUT2D eigenvalue weighted by Crippen LogP contribution is 2.62. The van der Waals surface area contributed by atoms with Gasteiger partial charge in [-0.1, -0.05) is 66.6 Å². The molecule has 6 unspecified atom stereocenters. The zero-order chi connectivity index (χ0) is 41.6. The Hall–Kier alpha value is -4.72. The van der Waals surface area contributed by atoms with Gasteiger partial charge in [0, 0.05) is 37.7 Å². The number of rotatable bonds is 23. The molecule has 6 rings (SSSR count). The van der Waals surface area contributed by atoms with Crippen LogP contribution in [0, 0.1) is 17.8 Å². The van der Waals surface area contributed by atoms with Gasteiger partial charge in [-0.25, -0.2) is 4.79 Å². The molecule has 2 aliphatic carbocycles. The molecule has 0 saturated heterocycles. The maximum absolute atomic E-state index is 14.3. The van der Waals surface area contributed by atoms with Gasteiger partial charge in [-0.2, -0.15) is 0 Å². The predicted molar refractivity (Wildman–Crippen MR) is 227 cm³/mol. The van der Waals surface area contributed by atoms with E-state index in [-0.39, 0.29) is 77.0 Å². The standard InChI is InChI=1S/C47H60N2O10/c1-4-6-26-56-46(53)49(21-27-55-28-24-52)43-32-41(48-54-3)39-30-35(15-9-11-22-50)38(16-10-12-23-51)44-40-31-37(58-36-18-17-33-13-7-8-14-34(33)29-36)19-20-42(40)59-47(43,45(39)44)57-25-5-2/h4-5,7-8,13-14,17-20,29-31,35,38,43-45,50-52H,1-2,6,9-12,15-16,21-28,32H2,3H3. The molecule has 12 nitrogen and oxygen atoms in total. The van der Waals surface area contributed by atoms with E-state index in [1.807, 2.05) is 42.5 Å². The number of allylic oxidation sites excluding steroid dienone is 1. The Morgan fingerprint density at radius 1 is 0.915 bits per heavy atom. The first-order valence-electron chi connectivity index (χ1n) is 20.9. The molecule has 0 radical (unpaired) electrons. The molecule has 1 saturated carbocycles. The molecule has 3 aromatic carbocycles. The molecule has 1 heterocycles. The van der Waals surface area contributed by atoms with Crippen LogP contribution in [0.15, 0.2) is 103 Å². The van der Waals surface area contributed by atoms with Crippen LogP contribution in [0.1, 0.15) is 62.8 Å². The van der Waals surface area contributed by atoms with Crippen molar-refractivity contribution in [3.63, 3.8) is 0 Å². The summed E-state index contributed by atoms with van der Waals surface area (Å²) in [6.07, 6.45) is 10.3. The number of fused-ring (bicyclic) bond motifs is 3. The lowest BCUT2D eigenvalue weighted by molar-refractivity contribution is -0.256. The number of ether oxygens (including phenoxy) is 5. The number of unbranched alkanes of at least 4 members (excludes halogenated alkanes) is 2. The summed E-state index contributed by atoms with van der Waals surface area (Å²) in [6.45, 7) is 8.41. The van der Waals surface area contributed by atoms with Crippen LogP contribution in [0.2, 0.25) is 0 Å². The van der Waals surface area contributed by atoms with Crippen LogP contribution >= 0.6 is 0 Å². The van der Waals surface area contributed by atoms with Crippen molar-refractivity contribution in [3.8, 4) is 17.2 Å². The highest BCUT2D eigenvalue weighted by molar-refractivity contribution is 6.03. The number of aliphatic hydroxyl groups excluding tert-OH is 3. The van der Waals surface area contributed by atoms with Crippen molar-refractivity contribution in [2.24, 2.45) is 22.9 Å². The van der Waals surface area contributed by atoms with Crippen molar-refractivity contribution < 1.29 is 48.6 Å². The lowest BCUT2D eigenvalue weighted by Crippen LogP contribution is -2.70. The minimum Gasteiger partial charge on any atom is -0.459 e. The van der Waals surface area contributed by atoms with E-state index >= 15 is 0 Å². The van der Waals surface area contributed by atoms with E-state index in [0.717, 1.165) is 47.6 Å². The molecule has 3 aromatic rings.